The van der Waals surface area contributed by atoms with Crippen molar-refractivity contribution in [2.75, 3.05) is 6.61 Å². The van der Waals surface area contributed by atoms with Crippen LogP contribution in [-0.4, -0.2) is 24.5 Å². The molecule has 1 amide bonds. The number of alkyl halides is 3. The Hall–Kier alpha value is -2.05. The van der Waals surface area contributed by atoms with Crippen molar-refractivity contribution in [2.45, 2.75) is 58.2 Å². The summed E-state index contributed by atoms with van der Waals surface area (Å²) in [4.78, 5) is 23.8. The zero-order chi connectivity index (χ0) is 18.9. The molecule has 1 unspecified atom stereocenters. The first-order valence-electron chi connectivity index (χ1n) is 8.40. The molecule has 0 bridgehead atoms. The van der Waals surface area contributed by atoms with Crippen LogP contribution < -0.4 is 5.32 Å². The second kappa shape index (κ2) is 10.1. The average Bonchev–Trinajstić information content (AvgIpc) is 2.57. The molecule has 1 atom stereocenters. The molecule has 0 spiro atoms. The van der Waals surface area contributed by atoms with Crippen LogP contribution in [0.3, 0.4) is 0 Å². The van der Waals surface area contributed by atoms with Gasteiger partial charge in [-0.15, -0.1) is 0 Å². The van der Waals surface area contributed by atoms with Crippen LogP contribution >= 0.6 is 0 Å². The summed E-state index contributed by atoms with van der Waals surface area (Å²) < 4.78 is 43.1. The summed E-state index contributed by atoms with van der Waals surface area (Å²) in [5.74, 6) is -1.35. The van der Waals surface area contributed by atoms with Crippen LogP contribution in [0.4, 0.5) is 13.2 Å². The second-order valence-electron chi connectivity index (χ2n) is 5.86. The molecule has 1 aromatic rings. The van der Waals surface area contributed by atoms with E-state index in [9.17, 15) is 22.8 Å². The van der Waals surface area contributed by atoms with E-state index < -0.39 is 29.7 Å². The van der Waals surface area contributed by atoms with Crippen molar-refractivity contribution in [2.24, 2.45) is 0 Å². The van der Waals surface area contributed by atoms with E-state index in [1.54, 1.807) is 0 Å². The van der Waals surface area contributed by atoms with Gasteiger partial charge in [-0.2, -0.15) is 13.2 Å². The van der Waals surface area contributed by atoms with E-state index in [-0.39, 0.29) is 12.2 Å². The minimum Gasteiger partial charge on any atom is -0.464 e. The van der Waals surface area contributed by atoms with E-state index in [4.69, 9.17) is 4.74 Å². The fraction of sp³-hybridized carbons (Fsp3) is 0.556. The Bertz CT molecular complexity index is 573. The van der Waals surface area contributed by atoms with Gasteiger partial charge in [0.1, 0.15) is 6.04 Å². The zero-order valence-corrected chi connectivity index (χ0v) is 14.5. The van der Waals surface area contributed by atoms with E-state index in [0.29, 0.717) is 0 Å². The molecule has 0 aliphatic carbocycles. The van der Waals surface area contributed by atoms with Crippen LogP contribution in [-0.2, 0) is 15.7 Å². The van der Waals surface area contributed by atoms with Crippen molar-refractivity contribution in [1.82, 2.24) is 5.32 Å². The number of halogens is 3. The van der Waals surface area contributed by atoms with Crippen LogP contribution in [0.5, 0.6) is 0 Å². The summed E-state index contributed by atoms with van der Waals surface area (Å²) in [6.45, 7) is 3.81. The lowest BCUT2D eigenvalue weighted by atomic mass is 10.1. The third-order valence-corrected chi connectivity index (χ3v) is 3.65. The van der Waals surface area contributed by atoms with Gasteiger partial charge in [0.25, 0.3) is 5.91 Å². The monoisotopic (exact) mass is 359 g/mol. The zero-order valence-electron chi connectivity index (χ0n) is 14.5. The van der Waals surface area contributed by atoms with Crippen LogP contribution in [0, 0.1) is 0 Å². The number of rotatable bonds is 9. The number of ether oxygens (including phenoxy) is 1. The maximum Gasteiger partial charge on any atom is 0.416 e. The van der Waals surface area contributed by atoms with Crippen molar-refractivity contribution in [3.63, 3.8) is 0 Å². The predicted octanol–water partition coefficient (Wildman–Crippen LogP) is 4.34. The second-order valence-corrected chi connectivity index (χ2v) is 5.86. The summed E-state index contributed by atoms with van der Waals surface area (Å²) >= 11 is 0. The number of unbranched alkanes of at least 4 members (excludes halogenated alkanes) is 4. The van der Waals surface area contributed by atoms with Crippen LogP contribution in [0.15, 0.2) is 24.3 Å². The van der Waals surface area contributed by atoms with Gasteiger partial charge >= 0.3 is 12.1 Å². The molecule has 4 nitrogen and oxygen atoms in total. The number of nitrogens with one attached hydrogen (secondary N) is 1. The lowest BCUT2D eigenvalue weighted by molar-refractivity contribution is -0.145. The lowest BCUT2D eigenvalue weighted by Crippen LogP contribution is -2.39. The molecular formula is C18H24F3NO3. The summed E-state index contributed by atoms with van der Waals surface area (Å²) in [6, 6.07) is 3.11. The SMILES string of the molecule is CCCCCCCOC(=O)C(C)NC(=O)c1cccc(C(F)(F)F)c1. The van der Waals surface area contributed by atoms with Gasteiger partial charge in [0, 0.05) is 5.56 Å². The molecule has 0 saturated heterocycles. The Morgan fingerprint density at radius 2 is 1.84 bits per heavy atom. The van der Waals surface area contributed by atoms with E-state index in [1.807, 2.05) is 0 Å². The smallest absolute Gasteiger partial charge is 0.416 e. The van der Waals surface area contributed by atoms with Crippen molar-refractivity contribution in [3.8, 4) is 0 Å². The number of carbonyl (C=O) groups is 2. The van der Waals surface area contributed by atoms with E-state index in [0.717, 1.165) is 50.3 Å². The highest BCUT2D eigenvalue weighted by molar-refractivity contribution is 5.96. The average molecular weight is 359 g/mol. The van der Waals surface area contributed by atoms with Gasteiger partial charge < -0.3 is 10.1 Å². The normalized spacial score (nSPS) is 12.5. The maximum atomic E-state index is 12.7. The highest BCUT2D eigenvalue weighted by Crippen LogP contribution is 2.29. The highest BCUT2D eigenvalue weighted by Gasteiger charge is 2.31. The molecule has 0 saturated carbocycles. The summed E-state index contributed by atoms with van der Waals surface area (Å²) in [7, 11) is 0. The quantitative estimate of drug-likeness (QED) is 0.527. The fourth-order valence-corrected chi connectivity index (χ4v) is 2.18. The Morgan fingerprint density at radius 1 is 1.16 bits per heavy atom. The van der Waals surface area contributed by atoms with Gasteiger partial charge in [-0.05, 0) is 31.5 Å². The summed E-state index contributed by atoms with van der Waals surface area (Å²) in [6.07, 6.45) is 0.524. The predicted molar refractivity (Wildman–Crippen MR) is 88.1 cm³/mol. The number of carbonyl (C=O) groups excluding carboxylic acids is 2. The first-order valence-corrected chi connectivity index (χ1v) is 8.40. The van der Waals surface area contributed by atoms with Gasteiger partial charge in [0.15, 0.2) is 0 Å². The minimum absolute atomic E-state index is 0.158. The van der Waals surface area contributed by atoms with Gasteiger partial charge in [0.05, 0.1) is 12.2 Å². The number of esters is 1. The molecular weight excluding hydrogens is 335 g/mol. The van der Waals surface area contributed by atoms with Gasteiger partial charge in [-0.25, -0.2) is 4.79 Å². The van der Waals surface area contributed by atoms with Crippen molar-refractivity contribution >= 4 is 11.9 Å². The molecule has 0 aliphatic rings. The van der Waals surface area contributed by atoms with Gasteiger partial charge in [-0.1, -0.05) is 38.7 Å². The molecule has 25 heavy (non-hydrogen) atoms. The number of benzene rings is 1. The van der Waals surface area contributed by atoms with Crippen molar-refractivity contribution in [3.05, 3.63) is 35.4 Å². The van der Waals surface area contributed by atoms with E-state index in [2.05, 4.69) is 12.2 Å². The Labute approximate surface area is 145 Å². The number of hydrogen-bond acceptors (Lipinski definition) is 3. The topological polar surface area (TPSA) is 55.4 Å². The van der Waals surface area contributed by atoms with E-state index >= 15 is 0 Å². The molecule has 1 N–H and O–H groups in total. The molecule has 1 rings (SSSR count). The molecule has 0 aliphatic heterocycles. The number of hydrogen-bond donors (Lipinski definition) is 1. The van der Waals surface area contributed by atoms with E-state index in [1.165, 1.54) is 13.0 Å². The first-order chi connectivity index (χ1) is 11.8. The van der Waals surface area contributed by atoms with Crippen molar-refractivity contribution in [1.29, 1.82) is 0 Å². The van der Waals surface area contributed by atoms with Crippen LogP contribution in [0.2, 0.25) is 0 Å². The molecule has 0 heterocycles. The van der Waals surface area contributed by atoms with Gasteiger partial charge in [0.2, 0.25) is 0 Å². The molecule has 1 aromatic carbocycles. The Morgan fingerprint density at radius 3 is 2.48 bits per heavy atom. The molecule has 0 radical (unpaired) electrons. The summed E-state index contributed by atoms with van der Waals surface area (Å²) in [5.41, 5.74) is -1.07. The Kier molecular flexibility index (Phi) is 8.45. The third kappa shape index (κ3) is 7.58. The minimum atomic E-state index is -4.53. The first kappa shape index (κ1) is 21.0. The maximum absolute atomic E-state index is 12.7. The van der Waals surface area contributed by atoms with Crippen molar-refractivity contribution < 1.29 is 27.5 Å². The molecule has 140 valence electrons. The molecule has 0 aromatic heterocycles. The lowest BCUT2D eigenvalue weighted by Gasteiger charge is -2.14. The van der Waals surface area contributed by atoms with Gasteiger partial charge in [-0.3, -0.25) is 4.79 Å². The number of amides is 1. The summed E-state index contributed by atoms with van der Waals surface area (Å²) in [5, 5.41) is 2.35. The third-order valence-electron chi connectivity index (χ3n) is 3.65. The molecule has 7 heteroatoms. The van der Waals surface area contributed by atoms with Crippen LogP contribution in [0.1, 0.15) is 61.9 Å². The molecule has 0 fully saturated rings. The standard InChI is InChI=1S/C18H24F3NO3/c1-3-4-5-6-7-11-25-17(24)13(2)22-16(23)14-9-8-10-15(12-14)18(19,20)21/h8-10,12-13H,3-7,11H2,1-2H3,(H,22,23). The Balaban J connectivity index is 2.47. The highest BCUT2D eigenvalue weighted by atomic mass is 19.4. The van der Waals surface area contributed by atoms with Crippen LogP contribution in [0.25, 0.3) is 0 Å². The largest absolute Gasteiger partial charge is 0.464 e. The fourth-order valence-electron chi connectivity index (χ4n) is 2.18.